The molecule has 4 heteroatoms. The van der Waals surface area contributed by atoms with E-state index in [0.29, 0.717) is 11.4 Å². The number of aliphatic imine (C=N–C) groups is 1. The van der Waals surface area contributed by atoms with E-state index < -0.39 is 0 Å². The van der Waals surface area contributed by atoms with E-state index in [0.717, 1.165) is 31.2 Å². The zero-order valence-electron chi connectivity index (χ0n) is 13.1. The van der Waals surface area contributed by atoms with Crippen molar-refractivity contribution in [2.45, 2.75) is 44.6 Å². The van der Waals surface area contributed by atoms with Crippen LogP contribution in [0.15, 0.2) is 29.3 Å². The van der Waals surface area contributed by atoms with Gasteiger partial charge in [-0.15, -0.1) is 0 Å². The summed E-state index contributed by atoms with van der Waals surface area (Å²) in [5.41, 5.74) is 7.81. The van der Waals surface area contributed by atoms with E-state index in [1.54, 1.807) is 0 Å². The zero-order chi connectivity index (χ0) is 15.0. The highest BCUT2D eigenvalue weighted by atomic mass is 16.5. The largest absolute Gasteiger partial charge is 0.493 e. The highest BCUT2D eigenvalue weighted by molar-refractivity contribution is 5.78. The summed E-state index contributed by atoms with van der Waals surface area (Å²) in [6, 6.07) is 8.40. The van der Waals surface area contributed by atoms with Crippen molar-refractivity contribution in [3.8, 4) is 5.75 Å². The molecule has 2 aliphatic carbocycles. The zero-order valence-corrected chi connectivity index (χ0v) is 13.1. The number of nitrogens with one attached hydrogen (secondary N) is 1. The van der Waals surface area contributed by atoms with Crippen molar-refractivity contribution in [2.75, 3.05) is 13.2 Å². The Balaban J connectivity index is 1.42. The number of nitrogens with zero attached hydrogens (tertiary/aromatic N) is 1. The Morgan fingerprint density at radius 1 is 1.27 bits per heavy atom. The highest BCUT2D eigenvalue weighted by Crippen LogP contribution is 2.54. The molecule has 118 valence electrons. The smallest absolute Gasteiger partial charge is 0.189 e. The number of guanidine groups is 1. The summed E-state index contributed by atoms with van der Waals surface area (Å²) in [4.78, 5) is 4.69. The van der Waals surface area contributed by atoms with E-state index in [4.69, 9.17) is 10.5 Å². The molecule has 1 aromatic rings. The summed E-state index contributed by atoms with van der Waals surface area (Å²) >= 11 is 0. The van der Waals surface area contributed by atoms with Crippen molar-refractivity contribution in [1.82, 2.24) is 5.32 Å². The minimum absolute atomic E-state index is 0.214. The minimum Gasteiger partial charge on any atom is -0.493 e. The van der Waals surface area contributed by atoms with Gasteiger partial charge in [-0.1, -0.05) is 18.2 Å². The van der Waals surface area contributed by atoms with Crippen LogP contribution < -0.4 is 15.8 Å². The first-order valence-electron chi connectivity index (χ1n) is 8.52. The minimum atomic E-state index is 0.214. The number of rotatable bonds is 3. The second-order valence-corrected chi connectivity index (χ2v) is 7.22. The molecule has 4 nitrogen and oxygen atoms in total. The molecule has 1 atom stereocenters. The van der Waals surface area contributed by atoms with E-state index >= 15 is 0 Å². The third kappa shape index (κ3) is 2.55. The molecule has 4 rings (SSSR count). The van der Waals surface area contributed by atoms with Crippen molar-refractivity contribution in [1.29, 1.82) is 0 Å². The van der Waals surface area contributed by atoms with Crippen LogP contribution >= 0.6 is 0 Å². The fourth-order valence-corrected chi connectivity index (χ4v) is 4.50. The molecule has 2 fully saturated rings. The van der Waals surface area contributed by atoms with Crippen LogP contribution in [0, 0.1) is 11.3 Å². The third-order valence-corrected chi connectivity index (χ3v) is 5.75. The summed E-state index contributed by atoms with van der Waals surface area (Å²) in [7, 11) is 0. The molecule has 0 radical (unpaired) electrons. The van der Waals surface area contributed by atoms with Crippen LogP contribution in [0.3, 0.4) is 0 Å². The molecule has 1 heterocycles. The maximum atomic E-state index is 6.17. The first kappa shape index (κ1) is 13.9. The predicted molar refractivity (Wildman–Crippen MR) is 87.9 cm³/mol. The average molecular weight is 299 g/mol. The monoisotopic (exact) mass is 299 g/mol. The fourth-order valence-electron chi connectivity index (χ4n) is 4.50. The molecule has 3 aliphatic rings. The summed E-state index contributed by atoms with van der Waals surface area (Å²) < 4.78 is 5.69. The van der Waals surface area contributed by atoms with Gasteiger partial charge in [0.05, 0.1) is 12.6 Å². The number of benzene rings is 1. The van der Waals surface area contributed by atoms with Crippen LogP contribution in [0.1, 0.15) is 50.1 Å². The van der Waals surface area contributed by atoms with Gasteiger partial charge in [-0.3, -0.25) is 4.99 Å². The first-order valence-corrected chi connectivity index (χ1v) is 8.52. The van der Waals surface area contributed by atoms with Crippen LogP contribution in [0.4, 0.5) is 0 Å². The van der Waals surface area contributed by atoms with Crippen LogP contribution in [0.2, 0.25) is 0 Å². The van der Waals surface area contributed by atoms with Crippen molar-refractivity contribution < 1.29 is 4.74 Å². The Morgan fingerprint density at radius 3 is 2.86 bits per heavy atom. The molecule has 0 aromatic heterocycles. The Labute approximate surface area is 132 Å². The molecule has 1 aliphatic heterocycles. The van der Waals surface area contributed by atoms with E-state index in [1.807, 2.05) is 18.2 Å². The molecule has 3 N–H and O–H groups in total. The Kier molecular flexibility index (Phi) is 3.47. The number of fused-ring (bicyclic) bond motifs is 3. The van der Waals surface area contributed by atoms with Gasteiger partial charge in [-0.05, 0) is 49.5 Å². The van der Waals surface area contributed by atoms with Crippen molar-refractivity contribution >= 4 is 5.96 Å². The Hall–Kier alpha value is -1.71. The molecule has 0 amide bonds. The topological polar surface area (TPSA) is 59.6 Å². The van der Waals surface area contributed by atoms with Crippen molar-refractivity contribution in [3.63, 3.8) is 0 Å². The number of para-hydroxylation sites is 1. The van der Waals surface area contributed by atoms with Gasteiger partial charge in [-0.25, -0.2) is 0 Å². The highest BCUT2D eigenvalue weighted by Gasteiger charge is 2.44. The lowest BCUT2D eigenvalue weighted by Crippen LogP contribution is -2.38. The Bertz CT molecular complexity index is 575. The molecule has 1 unspecified atom stereocenters. The third-order valence-electron chi connectivity index (χ3n) is 5.75. The summed E-state index contributed by atoms with van der Waals surface area (Å²) in [6.45, 7) is 1.63. The summed E-state index contributed by atoms with van der Waals surface area (Å²) in [5.74, 6) is 2.52. The normalized spacial score (nSPS) is 33.4. The van der Waals surface area contributed by atoms with Crippen LogP contribution in [0.5, 0.6) is 5.75 Å². The van der Waals surface area contributed by atoms with Gasteiger partial charge in [0.2, 0.25) is 0 Å². The quantitative estimate of drug-likeness (QED) is 0.666. The number of nitrogens with two attached hydrogens (primary N) is 1. The van der Waals surface area contributed by atoms with Gasteiger partial charge in [0.1, 0.15) is 5.75 Å². The summed E-state index contributed by atoms with van der Waals surface area (Å²) in [6.07, 6.45) is 7.78. The number of hydrogen-bond acceptors (Lipinski definition) is 2. The second kappa shape index (κ2) is 5.49. The van der Waals surface area contributed by atoms with Gasteiger partial charge in [-0.2, -0.15) is 0 Å². The van der Waals surface area contributed by atoms with Gasteiger partial charge in [0.25, 0.3) is 0 Å². The average Bonchev–Trinajstić information content (AvgIpc) is 3.15. The van der Waals surface area contributed by atoms with Crippen LogP contribution in [0.25, 0.3) is 0 Å². The lowest BCUT2D eigenvalue weighted by atomic mass is 9.84. The molecular formula is C18H25N3O. The number of ether oxygens (including phenoxy) is 1. The van der Waals surface area contributed by atoms with Gasteiger partial charge in [0.15, 0.2) is 5.96 Å². The van der Waals surface area contributed by atoms with Crippen molar-refractivity contribution in [2.24, 2.45) is 22.1 Å². The van der Waals surface area contributed by atoms with Gasteiger partial charge in [0, 0.05) is 18.5 Å². The SMILES string of the molecule is NC(=NCC12CCC(CC1)C2)NC1CCOc2ccccc21. The molecular weight excluding hydrogens is 274 g/mol. The van der Waals surface area contributed by atoms with E-state index in [2.05, 4.69) is 16.4 Å². The van der Waals surface area contributed by atoms with E-state index in [9.17, 15) is 0 Å². The van der Waals surface area contributed by atoms with Crippen LogP contribution in [-0.2, 0) is 0 Å². The maximum Gasteiger partial charge on any atom is 0.189 e. The molecule has 2 bridgehead atoms. The van der Waals surface area contributed by atoms with Crippen LogP contribution in [-0.4, -0.2) is 19.1 Å². The molecule has 22 heavy (non-hydrogen) atoms. The Morgan fingerprint density at radius 2 is 2.09 bits per heavy atom. The predicted octanol–water partition coefficient (Wildman–Crippen LogP) is 2.99. The van der Waals surface area contributed by atoms with E-state index in [1.165, 1.54) is 37.7 Å². The van der Waals surface area contributed by atoms with Gasteiger partial charge >= 0.3 is 0 Å². The van der Waals surface area contributed by atoms with Gasteiger partial charge < -0.3 is 15.8 Å². The lowest BCUT2D eigenvalue weighted by Gasteiger charge is -2.28. The molecule has 0 saturated heterocycles. The molecule has 1 aromatic carbocycles. The van der Waals surface area contributed by atoms with E-state index in [-0.39, 0.29) is 6.04 Å². The molecule has 0 spiro atoms. The number of hydrogen-bond donors (Lipinski definition) is 2. The second-order valence-electron chi connectivity index (χ2n) is 7.22. The first-order chi connectivity index (χ1) is 10.7. The standard InChI is InChI=1S/C18H25N3O/c19-17(20-12-18-8-5-13(11-18)6-9-18)21-15-7-10-22-16-4-2-1-3-14(15)16/h1-4,13,15H,5-12H2,(H3,19,20,21). The van der Waals surface area contributed by atoms with Crippen molar-refractivity contribution in [3.05, 3.63) is 29.8 Å². The molecule has 2 saturated carbocycles. The fraction of sp³-hybridized carbons (Fsp3) is 0.611. The maximum absolute atomic E-state index is 6.17. The lowest BCUT2D eigenvalue weighted by molar-refractivity contribution is 0.261. The summed E-state index contributed by atoms with van der Waals surface area (Å²) in [5, 5.41) is 3.40.